The van der Waals surface area contributed by atoms with Gasteiger partial charge < -0.3 is 15.1 Å². The summed E-state index contributed by atoms with van der Waals surface area (Å²) in [5, 5.41) is 22.6. The number of anilines is 2. The molecular formula is C28H27ClFN3O4S. The first-order chi connectivity index (χ1) is 18.1. The van der Waals surface area contributed by atoms with Crippen molar-refractivity contribution >= 4 is 32.8 Å². The second kappa shape index (κ2) is 11.0. The van der Waals surface area contributed by atoms with Crippen molar-refractivity contribution in [1.29, 1.82) is 0 Å². The highest BCUT2D eigenvalue weighted by Gasteiger charge is 2.32. The Morgan fingerprint density at radius 1 is 1.03 bits per heavy atom. The van der Waals surface area contributed by atoms with Crippen LogP contribution in [0.2, 0.25) is 5.02 Å². The lowest BCUT2D eigenvalue weighted by molar-refractivity contribution is 0.405. The summed E-state index contributed by atoms with van der Waals surface area (Å²) in [6.07, 6.45) is 3.31. The van der Waals surface area contributed by atoms with E-state index in [2.05, 4.69) is 9.97 Å². The van der Waals surface area contributed by atoms with Gasteiger partial charge in [0.1, 0.15) is 5.69 Å². The van der Waals surface area contributed by atoms with Crippen LogP contribution in [0.1, 0.15) is 31.0 Å². The maximum atomic E-state index is 13.9. The molecule has 0 fully saturated rings. The van der Waals surface area contributed by atoms with Crippen molar-refractivity contribution in [2.75, 3.05) is 11.9 Å². The Kier molecular flexibility index (Phi) is 7.89. The summed E-state index contributed by atoms with van der Waals surface area (Å²) >= 11 is 6.02. The lowest BCUT2D eigenvalue weighted by Crippen LogP contribution is -2.15. The van der Waals surface area contributed by atoms with E-state index in [0.29, 0.717) is 39.5 Å². The number of rotatable bonds is 8. The summed E-state index contributed by atoms with van der Waals surface area (Å²) in [6, 6.07) is 14.2. The van der Waals surface area contributed by atoms with Crippen LogP contribution in [0.5, 0.6) is 11.6 Å². The number of aromatic nitrogens is 2. The van der Waals surface area contributed by atoms with Gasteiger partial charge in [-0.25, -0.2) is 18.4 Å². The summed E-state index contributed by atoms with van der Waals surface area (Å²) in [5.41, 5.74) is 2.68. The molecule has 198 valence electrons. The van der Waals surface area contributed by atoms with Gasteiger partial charge in [-0.1, -0.05) is 37.1 Å². The van der Waals surface area contributed by atoms with Crippen molar-refractivity contribution in [1.82, 2.24) is 9.97 Å². The van der Waals surface area contributed by atoms with E-state index in [9.17, 15) is 23.0 Å². The molecule has 0 radical (unpaired) electrons. The Bertz CT molecular complexity index is 1580. The summed E-state index contributed by atoms with van der Waals surface area (Å²) in [6.45, 7) is 3.58. The van der Waals surface area contributed by atoms with Crippen LogP contribution in [-0.4, -0.2) is 35.6 Å². The third-order valence-corrected chi connectivity index (χ3v) is 8.42. The first kappa shape index (κ1) is 27.3. The fourth-order valence-electron chi connectivity index (χ4n) is 4.25. The zero-order valence-electron chi connectivity index (χ0n) is 21.1. The molecule has 0 aliphatic rings. The smallest absolute Gasteiger partial charge is 0.234 e. The van der Waals surface area contributed by atoms with Crippen molar-refractivity contribution in [2.24, 2.45) is 0 Å². The minimum absolute atomic E-state index is 0.165. The Morgan fingerprint density at radius 2 is 1.68 bits per heavy atom. The van der Waals surface area contributed by atoms with Crippen LogP contribution in [0.25, 0.3) is 11.1 Å². The lowest BCUT2D eigenvalue weighted by Gasteiger charge is -2.25. The summed E-state index contributed by atoms with van der Waals surface area (Å²) in [5.74, 6) is -1.99. The van der Waals surface area contributed by atoms with Crippen molar-refractivity contribution in [3.63, 3.8) is 0 Å². The molecule has 0 aliphatic carbocycles. The largest absolute Gasteiger partial charge is 0.504 e. The molecule has 2 N–H and O–H groups in total. The molecule has 2 heterocycles. The maximum absolute atomic E-state index is 13.9. The first-order valence-corrected chi connectivity index (χ1v) is 13.8. The number of halogens is 2. The molecule has 0 amide bonds. The van der Waals surface area contributed by atoms with Crippen LogP contribution < -0.4 is 4.90 Å². The third kappa shape index (κ3) is 5.16. The van der Waals surface area contributed by atoms with E-state index < -0.39 is 32.3 Å². The van der Waals surface area contributed by atoms with Gasteiger partial charge in [-0.05, 0) is 73.4 Å². The van der Waals surface area contributed by atoms with Crippen LogP contribution >= 0.6 is 11.6 Å². The van der Waals surface area contributed by atoms with E-state index in [1.807, 2.05) is 6.92 Å². The highest BCUT2D eigenvalue weighted by Crippen LogP contribution is 2.45. The Balaban J connectivity index is 1.83. The van der Waals surface area contributed by atoms with Gasteiger partial charge in [0.15, 0.2) is 10.6 Å². The number of sulfone groups is 1. The normalized spacial score (nSPS) is 11.5. The fraction of sp³-hybridized carbons (Fsp3) is 0.214. The number of benzene rings is 2. The van der Waals surface area contributed by atoms with E-state index in [1.165, 1.54) is 30.5 Å². The molecule has 7 nitrogen and oxygen atoms in total. The van der Waals surface area contributed by atoms with Gasteiger partial charge in [0.05, 0.1) is 10.6 Å². The SMILES string of the molecule is CCCCc1nc(O)c(S(=O)(=O)c2ccc(-c3ccnc(F)c3C)cc2)c(O)c1N(C)c1ccc(Cl)cc1. The fourth-order valence-corrected chi connectivity index (χ4v) is 5.74. The quantitative estimate of drug-likeness (QED) is 0.236. The van der Waals surface area contributed by atoms with E-state index in [0.717, 1.165) is 12.8 Å². The number of hydrogen-bond acceptors (Lipinski definition) is 7. The molecule has 0 bridgehead atoms. The average Bonchev–Trinajstić information content (AvgIpc) is 2.89. The number of aryl methyl sites for hydroxylation is 1. The van der Waals surface area contributed by atoms with Crippen molar-refractivity contribution in [3.05, 3.63) is 83.0 Å². The van der Waals surface area contributed by atoms with Gasteiger partial charge >= 0.3 is 0 Å². The van der Waals surface area contributed by atoms with Gasteiger partial charge in [0.2, 0.25) is 21.7 Å². The Hall–Kier alpha value is -3.69. The van der Waals surface area contributed by atoms with Crippen LogP contribution in [-0.2, 0) is 16.3 Å². The number of hydrogen-bond donors (Lipinski definition) is 2. The molecule has 38 heavy (non-hydrogen) atoms. The zero-order chi connectivity index (χ0) is 27.6. The number of pyridine rings is 2. The van der Waals surface area contributed by atoms with E-state index in [4.69, 9.17) is 11.6 Å². The molecular weight excluding hydrogens is 529 g/mol. The topological polar surface area (TPSA) is 104 Å². The molecule has 0 saturated heterocycles. The van der Waals surface area contributed by atoms with E-state index in [1.54, 1.807) is 49.2 Å². The molecule has 0 unspecified atom stereocenters. The highest BCUT2D eigenvalue weighted by atomic mass is 35.5. The summed E-state index contributed by atoms with van der Waals surface area (Å²) in [4.78, 5) is 8.60. The highest BCUT2D eigenvalue weighted by molar-refractivity contribution is 7.91. The molecule has 4 rings (SSSR count). The summed E-state index contributed by atoms with van der Waals surface area (Å²) < 4.78 is 41.2. The van der Waals surface area contributed by atoms with Crippen molar-refractivity contribution in [2.45, 2.75) is 42.9 Å². The van der Waals surface area contributed by atoms with E-state index in [-0.39, 0.29) is 10.6 Å². The van der Waals surface area contributed by atoms with Crippen LogP contribution in [0.4, 0.5) is 15.8 Å². The lowest BCUT2D eigenvalue weighted by atomic mass is 10.0. The monoisotopic (exact) mass is 555 g/mol. The predicted molar refractivity (Wildman–Crippen MR) is 146 cm³/mol. The van der Waals surface area contributed by atoms with Crippen LogP contribution in [0.15, 0.2) is 70.6 Å². The standard InChI is InChI=1S/C28H27ClFN3O4S/c1-4-5-6-23-24(33(3)20-11-9-19(29)10-12-20)25(34)26(28(35)32-23)38(36,37)21-13-7-18(8-14-21)22-15-16-31-27(30)17(22)2/h7-16H,4-6H2,1-3H3,(H2,32,34,35). The molecule has 2 aromatic carbocycles. The van der Waals surface area contributed by atoms with Gasteiger partial charge in [-0.2, -0.15) is 4.39 Å². The summed E-state index contributed by atoms with van der Waals surface area (Å²) in [7, 11) is -2.72. The molecule has 0 spiro atoms. The molecule has 4 aromatic rings. The predicted octanol–water partition coefficient (Wildman–Crippen LogP) is 6.60. The average molecular weight is 556 g/mol. The van der Waals surface area contributed by atoms with Crippen molar-refractivity contribution < 1.29 is 23.0 Å². The second-order valence-electron chi connectivity index (χ2n) is 8.85. The molecule has 2 aromatic heterocycles. The van der Waals surface area contributed by atoms with Gasteiger partial charge in [-0.3, -0.25) is 0 Å². The van der Waals surface area contributed by atoms with Crippen LogP contribution in [0.3, 0.4) is 0 Å². The number of unbranched alkanes of at least 4 members (excludes halogenated alkanes) is 1. The molecule has 0 atom stereocenters. The minimum atomic E-state index is -4.40. The number of nitrogens with zero attached hydrogens (tertiary/aromatic N) is 3. The first-order valence-electron chi connectivity index (χ1n) is 12.0. The maximum Gasteiger partial charge on any atom is 0.234 e. The molecule has 0 aliphatic heterocycles. The Morgan fingerprint density at radius 3 is 2.32 bits per heavy atom. The van der Waals surface area contributed by atoms with Gasteiger partial charge in [-0.15, -0.1) is 0 Å². The van der Waals surface area contributed by atoms with Crippen molar-refractivity contribution in [3.8, 4) is 22.8 Å². The zero-order valence-corrected chi connectivity index (χ0v) is 22.7. The van der Waals surface area contributed by atoms with Crippen LogP contribution in [0, 0.1) is 12.9 Å². The number of aromatic hydroxyl groups is 2. The Labute approximate surface area is 226 Å². The van der Waals surface area contributed by atoms with E-state index >= 15 is 0 Å². The molecule has 0 saturated carbocycles. The molecule has 10 heteroatoms. The second-order valence-corrected chi connectivity index (χ2v) is 11.2. The minimum Gasteiger partial charge on any atom is -0.504 e. The van der Waals surface area contributed by atoms with Gasteiger partial charge in [0, 0.05) is 29.5 Å². The van der Waals surface area contributed by atoms with Gasteiger partial charge in [0.25, 0.3) is 0 Å². The third-order valence-electron chi connectivity index (χ3n) is 6.36.